The van der Waals surface area contributed by atoms with Crippen molar-refractivity contribution < 1.29 is 36.6 Å². The molecule has 0 aliphatic carbocycles. The first kappa shape index (κ1) is 24.8. The summed E-state index contributed by atoms with van der Waals surface area (Å²) in [7, 11) is 0. The van der Waals surface area contributed by atoms with Gasteiger partial charge < -0.3 is 19.7 Å². The highest BCUT2D eigenvalue weighted by Gasteiger charge is 2.33. The predicted molar refractivity (Wildman–Crippen MR) is 109 cm³/mol. The Morgan fingerprint density at radius 3 is 2.53 bits per heavy atom. The number of nitrogens with zero attached hydrogens (tertiary/aromatic N) is 2. The summed E-state index contributed by atoms with van der Waals surface area (Å²) in [6.45, 7) is 1.35. The molecule has 0 saturated carbocycles. The molecule has 2 N–H and O–H groups in total. The van der Waals surface area contributed by atoms with E-state index in [4.69, 9.17) is 0 Å². The van der Waals surface area contributed by atoms with E-state index in [1.54, 1.807) is 0 Å². The summed E-state index contributed by atoms with van der Waals surface area (Å²) in [5, 5.41) is 12.0. The standard InChI is InChI=1S/C22H18F5N3O4/c1-12(31)10-30-11-14(5-7-18(30)32)21(33)29-19(20-15(23)3-2-8-28-20)13-4-6-17(16(24)9-13)34-22(25,26)27/h2-9,11-12,19,31H,10H2,1H3,(H,29,33)/t12?,19-/m0/s1. The van der Waals surface area contributed by atoms with Crippen LogP contribution < -0.4 is 15.6 Å². The van der Waals surface area contributed by atoms with Gasteiger partial charge in [-0.2, -0.15) is 0 Å². The molecule has 0 saturated heterocycles. The van der Waals surface area contributed by atoms with Crippen molar-refractivity contribution in [2.45, 2.75) is 32.0 Å². The number of aliphatic hydroxyl groups is 1. The highest BCUT2D eigenvalue weighted by atomic mass is 19.4. The van der Waals surface area contributed by atoms with Crippen LogP contribution in [-0.2, 0) is 6.54 Å². The molecular formula is C22H18F5N3O4. The number of hydrogen-bond acceptors (Lipinski definition) is 5. The molecule has 2 atom stereocenters. The zero-order valence-electron chi connectivity index (χ0n) is 17.5. The number of carbonyl (C=O) groups is 1. The number of rotatable bonds is 7. The van der Waals surface area contributed by atoms with Gasteiger partial charge in [-0.15, -0.1) is 13.2 Å². The van der Waals surface area contributed by atoms with Crippen molar-refractivity contribution in [1.82, 2.24) is 14.9 Å². The number of aliphatic hydroxyl groups excluding tert-OH is 1. The molecular weight excluding hydrogens is 465 g/mol. The van der Waals surface area contributed by atoms with Crippen LogP contribution in [0.25, 0.3) is 0 Å². The number of carbonyl (C=O) groups excluding carboxylic acids is 1. The van der Waals surface area contributed by atoms with Crippen LogP contribution in [-0.4, -0.2) is 33.0 Å². The predicted octanol–water partition coefficient (Wildman–Crippen LogP) is 3.32. The molecule has 3 aromatic rings. The lowest BCUT2D eigenvalue weighted by molar-refractivity contribution is -0.275. The molecule has 12 heteroatoms. The first-order chi connectivity index (χ1) is 15.9. The number of aromatic nitrogens is 2. The summed E-state index contributed by atoms with van der Waals surface area (Å²) in [6, 6.07) is 5.60. The van der Waals surface area contributed by atoms with E-state index in [0.29, 0.717) is 12.1 Å². The van der Waals surface area contributed by atoms with Crippen LogP contribution in [0, 0.1) is 11.6 Å². The minimum absolute atomic E-state index is 0.0425. The van der Waals surface area contributed by atoms with Gasteiger partial charge in [-0.1, -0.05) is 6.07 Å². The average molecular weight is 483 g/mol. The Morgan fingerprint density at radius 1 is 1.18 bits per heavy atom. The highest BCUT2D eigenvalue weighted by molar-refractivity contribution is 5.94. The molecule has 34 heavy (non-hydrogen) atoms. The minimum atomic E-state index is -5.13. The van der Waals surface area contributed by atoms with Gasteiger partial charge in [0.25, 0.3) is 11.5 Å². The van der Waals surface area contributed by atoms with Crippen LogP contribution in [0.4, 0.5) is 22.0 Å². The second kappa shape index (κ2) is 10.00. The molecule has 2 aromatic heterocycles. The van der Waals surface area contributed by atoms with Crippen LogP contribution in [0.1, 0.15) is 34.6 Å². The number of amides is 1. The molecule has 0 aliphatic rings. The van der Waals surface area contributed by atoms with Crippen LogP contribution in [0.2, 0.25) is 0 Å². The fraction of sp³-hybridized carbons (Fsp3) is 0.227. The Kier molecular flexibility index (Phi) is 7.30. The highest BCUT2D eigenvalue weighted by Crippen LogP contribution is 2.30. The van der Waals surface area contributed by atoms with Crippen molar-refractivity contribution in [3.8, 4) is 5.75 Å². The van der Waals surface area contributed by atoms with Gasteiger partial charge in [0.05, 0.1) is 24.3 Å². The maximum absolute atomic E-state index is 14.5. The number of halogens is 5. The Balaban J connectivity index is 1.99. The van der Waals surface area contributed by atoms with Crippen molar-refractivity contribution in [3.63, 3.8) is 0 Å². The summed E-state index contributed by atoms with van der Waals surface area (Å²) in [5.41, 5.74) is -0.960. The SMILES string of the molecule is CC(O)Cn1cc(C(=O)N[C@@H](c2ccc(OC(F)(F)F)c(F)c2)c2ncccc2F)ccc1=O. The Morgan fingerprint density at radius 2 is 1.91 bits per heavy atom. The van der Waals surface area contributed by atoms with Gasteiger partial charge in [0, 0.05) is 18.5 Å². The van der Waals surface area contributed by atoms with E-state index in [0.717, 1.165) is 22.8 Å². The minimum Gasteiger partial charge on any atom is -0.403 e. The zero-order chi connectivity index (χ0) is 25.0. The number of pyridine rings is 2. The molecule has 1 unspecified atom stereocenters. The number of benzene rings is 1. The first-order valence-electron chi connectivity index (χ1n) is 9.79. The van der Waals surface area contributed by atoms with E-state index in [9.17, 15) is 36.6 Å². The summed E-state index contributed by atoms with van der Waals surface area (Å²) >= 11 is 0. The molecule has 1 aromatic carbocycles. The van der Waals surface area contributed by atoms with Gasteiger partial charge in [0.1, 0.15) is 11.5 Å². The molecule has 180 valence electrons. The third-order valence-corrected chi connectivity index (χ3v) is 4.56. The molecule has 0 fully saturated rings. The summed E-state index contributed by atoms with van der Waals surface area (Å²) < 4.78 is 70.9. The molecule has 0 bridgehead atoms. The summed E-state index contributed by atoms with van der Waals surface area (Å²) in [5.74, 6) is -4.17. The fourth-order valence-electron chi connectivity index (χ4n) is 3.13. The van der Waals surface area contributed by atoms with Gasteiger partial charge in [-0.05, 0) is 42.8 Å². The third kappa shape index (κ3) is 6.16. The van der Waals surface area contributed by atoms with Crippen molar-refractivity contribution in [1.29, 1.82) is 0 Å². The Hall–Kier alpha value is -3.80. The molecule has 3 rings (SSSR count). The van der Waals surface area contributed by atoms with Crippen LogP contribution >= 0.6 is 0 Å². The maximum atomic E-state index is 14.5. The number of nitrogens with one attached hydrogen (secondary N) is 1. The second-order valence-corrected chi connectivity index (χ2v) is 7.27. The average Bonchev–Trinajstić information content (AvgIpc) is 2.74. The molecule has 2 heterocycles. The van der Waals surface area contributed by atoms with E-state index < -0.39 is 47.4 Å². The zero-order valence-corrected chi connectivity index (χ0v) is 17.5. The topological polar surface area (TPSA) is 93.5 Å². The van der Waals surface area contributed by atoms with Gasteiger partial charge in [-0.25, -0.2) is 8.78 Å². The molecule has 0 radical (unpaired) electrons. The maximum Gasteiger partial charge on any atom is 0.573 e. The Labute approximate surface area is 189 Å². The van der Waals surface area contributed by atoms with E-state index >= 15 is 0 Å². The lowest BCUT2D eigenvalue weighted by Crippen LogP contribution is -2.32. The normalized spacial score (nSPS) is 13.3. The van der Waals surface area contributed by atoms with Crippen LogP contribution in [0.5, 0.6) is 5.75 Å². The van der Waals surface area contributed by atoms with E-state index in [2.05, 4.69) is 15.0 Å². The van der Waals surface area contributed by atoms with Crippen molar-refractivity contribution >= 4 is 5.91 Å². The second-order valence-electron chi connectivity index (χ2n) is 7.27. The molecule has 0 aliphatic heterocycles. The van der Waals surface area contributed by atoms with Gasteiger partial charge in [0.15, 0.2) is 11.6 Å². The van der Waals surface area contributed by atoms with E-state index in [-0.39, 0.29) is 23.4 Å². The van der Waals surface area contributed by atoms with Crippen LogP contribution in [0.15, 0.2) is 59.7 Å². The van der Waals surface area contributed by atoms with E-state index in [1.807, 2.05) is 0 Å². The largest absolute Gasteiger partial charge is 0.573 e. The van der Waals surface area contributed by atoms with Crippen molar-refractivity contribution in [2.24, 2.45) is 0 Å². The Bertz CT molecular complexity index is 1240. The summed E-state index contributed by atoms with van der Waals surface area (Å²) in [6.07, 6.45) is -3.61. The molecule has 0 spiro atoms. The molecule has 1 amide bonds. The van der Waals surface area contributed by atoms with Crippen molar-refractivity contribution in [2.75, 3.05) is 0 Å². The fourth-order valence-corrected chi connectivity index (χ4v) is 3.13. The third-order valence-electron chi connectivity index (χ3n) is 4.56. The van der Waals surface area contributed by atoms with E-state index in [1.165, 1.54) is 31.5 Å². The van der Waals surface area contributed by atoms with Gasteiger partial charge in [0.2, 0.25) is 0 Å². The van der Waals surface area contributed by atoms with Crippen LogP contribution in [0.3, 0.4) is 0 Å². The lowest BCUT2D eigenvalue weighted by Gasteiger charge is -2.20. The van der Waals surface area contributed by atoms with Crippen molar-refractivity contribution in [3.05, 3.63) is 93.7 Å². The number of hydrogen-bond donors (Lipinski definition) is 2. The van der Waals surface area contributed by atoms with Gasteiger partial charge in [-0.3, -0.25) is 14.6 Å². The number of alkyl halides is 3. The lowest BCUT2D eigenvalue weighted by atomic mass is 10.0. The smallest absolute Gasteiger partial charge is 0.403 e. The van der Waals surface area contributed by atoms with Gasteiger partial charge >= 0.3 is 6.36 Å². The quantitative estimate of drug-likeness (QED) is 0.503. The monoisotopic (exact) mass is 483 g/mol. The number of ether oxygens (including phenoxy) is 1. The molecule has 7 nitrogen and oxygen atoms in total. The summed E-state index contributed by atoms with van der Waals surface area (Å²) in [4.78, 5) is 28.7. The first-order valence-corrected chi connectivity index (χ1v) is 9.79.